The lowest BCUT2D eigenvalue weighted by Gasteiger charge is -2.43. The number of para-hydroxylation sites is 1. The first-order chi connectivity index (χ1) is 9.75. The van der Waals surface area contributed by atoms with Crippen LogP contribution in [0, 0.1) is 16.7 Å². The number of nitrogens with two attached hydrogens (primary N) is 2. The number of benzene rings is 1. The van der Waals surface area contributed by atoms with Gasteiger partial charge in [-0.3, -0.25) is 4.79 Å². The minimum absolute atomic E-state index is 0.238. The van der Waals surface area contributed by atoms with Crippen LogP contribution in [0.2, 0.25) is 0 Å². The van der Waals surface area contributed by atoms with Crippen LogP contribution in [0.15, 0.2) is 18.2 Å². The van der Waals surface area contributed by atoms with Crippen LogP contribution in [0.4, 0.5) is 11.4 Å². The topological polar surface area (TPSA) is 81.1 Å². The number of anilines is 2. The van der Waals surface area contributed by atoms with Gasteiger partial charge in [-0.15, -0.1) is 0 Å². The van der Waals surface area contributed by atoms with E-state index in [4.69, 9.17) is 11.5 Å². The minimum Gasteiger partial charge on any atom is -0.396 e. The normalized spacial score (nSPS) is 33.1. The van der Waals surface area contributed by atoms with E-state index in [1.54, 1.807) is 6.07 Å². The standard InChI is InChI=1S/C17H25N3O/c1-16(2)10-7-8-17(3,9-10)15(16)20-12-6-4-5-11(13(12)18)14(19)21/h4-6,10,15,20H,7-9,18H2,1-3H3,(H2,19,21). The molecule has 0 aliphatic heterocycles. The van der Waals surface area contributed by atoms with E-state index in [0.717, 1.165) is 11.6 Å². The van der Waals surface area contributed by atoms with Crippen LogP contribution >= 0.6 is 0 Å². The van der Waals surface area contributed by atoms with Crippen molar-refractivity contribution in [1.82, 2.24) is 0 Å². The lowest BCUT2D eigenvalue weighted by molar-refractivity contribution is 0.100. The second kappa shape index (κ2) is 4.39. The molecule has 4 nitrogen and oxygen atoms in total. The van der Waals surface area contributed by atoms with Crippen molar-refractivity contribution >= 4 is 17.3 Å². The third-order valence-electron chi connectivity index (χ3n) is 5.94. The molecule has 0 radical (unpaired) electrons. The van der Waals surface area contributed by atoms with E-state index < -0.39 is 5.91 Å². The van der Waals surface area contributed by atoms with Gasteiger partial charge >= 0.3 is 0 Å². The molecule has 1 aromatic carbocycles. The molecule has 4 heteroatoms. The highest BCUT2D eigenvalue weighted by molar-refractivity contribution is 6.00. The Balaban J connectivity index is 1.94. The van der Waals surface area contributed by atoms with Crippen LogP contribution in [-0.4, -0.2) is 11.9 Å². The molecule has 2 fully saturated rings. The molecular weight excluding hydrogens is 262 g/mol. The number of primary amides is 1. The quantitative estimate of drug-likeness (QED) is 0.747. The Hall–Kier alpha value is -1.71. The van der Waals surface area contributed by atoms with Crippen molar-refractivity contribution in [2.45, 2.75) is 46.1 Å². The molecule has 0 spiro atoms. The highest BCUT2D eigenvalue weighted by atomic mass is 16.1. The Bertz CT molecular complexity index is 591. The summed E-state index contributed by atoms with van der Waals surface area (Å²) in [6, 6.07) is 5.82. The maximum Gasteiger partial charge on any atom is 0.250 e. The van der Waals surface area contributed by atoms with Gasteiger partial charge in [0.05, 0.1) is 16.9 Å². The average Bonchev–Trinajstić information content (AvgIpc) is 2.87. The van der Waals surface area contributed by atoms with Crippen molar-refractivity contribution < 1.29 is 4.79 Å². The van der Waals surface area contributed by atoms with E-state index in [0.29, 0.717) is 22.7 Å². The molecule has 0 aromatic heterocycles. The first kappa shape index (κ1) is 14.2. The molecule has 114 valence electrons. The Labute approximate surface area is 126 Å². The summed E-state index contributed by atoms with van der Waals surface area (Å²) in [5.41, 5.74) is 13.8. The van der Waals surface area contributed by atoms with Crippen LogP contribution in [0.3, 0.4) is 0 Å². The fourth-order valence-electron chi connectivity index (χ4n) is 4.72. The van der Waals surface area contributed by atoms with E-state index in [-0.39, 0.29) is 5.41 Å². The molecule has 2 saturated carbocycles. The van der Waals surface area contributed by atoms with Gasteiger partial charge < -0.3 is 16.8 Å². The smallest absolute Gasteiger partial charge is 0.250 e. The summed E-state index contributed by atoms with van der Waals surface area (Å²) < 4.78 is 0. The van der Waals surface area contributed by atoms with Gasteiger partial charge in [-0.2, -0.15) is 0 Å². The van der Waals surface area contributed by atoms with Crippen molar-refractivity contribution in [2.75, 3.05) is 11.1 Å². The molecule has 2 aliphatic carbocycles. The second-order valence-electron chi connectivity index (χ2n) is 7.62. The predicted octanol–water partition coefficient (Wildman–Crippen LogP) is 2.99. The third kappa shape index (κ3) is 2.00. The van der Waals surface area contributed by atoms with E-state index in [1.807, 2.05) is 12.1 Å². The van der Waals surface area contributed by atoms with Gasteiger partial charge in [-0.1, -0.05) is 26.8 Å². The molecule has 21 heavy (non-hydrogen) atoms. The van der Waals surface area contributed by atoms with E-state index in [2.05, 4.69) is 26.1 Å². The summed E-state index contributed by atoms with van der Waals surface area (Å²) in [5, 5.41) is 3.63. The Morgan fingerprint density at radius 1 is 1.33 bits per heavy atom. The maximum absolute atomic E-state index is 11.4. The lowest BCUT2D eigenvalue weighted by Crippen LogP contribution is -2.46. The zero-order valence-electron chi connectivity index (χ0n) is 13.1. The van der Waals surface area contributed by atoms with Crippen molar-refractivity contribution in [3.8, 4) is 0 Å². The highest BCUT2D eigenvalue weighted by Gasteiger charge is 2.59. The average molecular weight is 287 g/mol. The number of hydrogen-bond donors (Lipinski definition) is 3. The molecule has 3 unspecified atom stereocenters. The van der Waals surface area contributed by atoms with Gasteiger partial charge in [0.1, 0.15) is 0 Å². The number of carbonyl (C=O) groups excluding carboxylic acids is 1. The molecule has 3 rings (SSSR count). The van der Waals surface area contributed by atoms with E-state index >= 15 is 0 Å². The van der Waals surface area contributed by atoms with Gasteiger partial charge in [0, 0.05) is 6.04 Å². The SMILES string of the molecule is CC12CCC(C1)C(C)(C)C2Nc1cccc(C(N)=O)c1N. The lowest BCUT2D eigenvalue weighted by atomic mass is 9.68. The first-order valence-electron chi connectivity index (χ1n) is 7.70. The summed E-state index contributed by atoms with van der Waals surface area (Å²) in [4.78, 5) is 11.4. The molecule has 0 saturated heterocycles. The van der Waals surface area contributed by atoms with Crippen molar-refractivity contribution in [2.24, 2.45) is 22.5 Å². The van der Waals surface area contributed by atoms with Gasteiger partial charge in [-0.05, 0) is 48.1 Å². The largest absolute Gasteiger partial charge is 0.396 e. The second-order valence-corrected chi connectivity index (χ2v) is 7.62. The zero-order valence-corrected chi connectivity index (χ0v) is 13.1. The van der Waals surface area contributed by atoms with Crippen molar-refractivity contribution in [3.05, 3.63) is 23.8 Å². The summed E-state index contributed by atoms with van der Waals surface area (Å²) in [6.07, 6.45) is 3.85. The van der Waals surface area contributed by atoms with Gasteiger partial charge in [0.25, 0.3) is 5.91 Å². The summed E-state index contributed by atoms with van der Waals surface area (Å²) in [7, 11) is 0. The molecule has 0 heterocycles. The summed E-state index contributed by atoms with van der Waals surface area (Å²) in [5.74, 6) is 0.287. The number of amides is 1. The van der Waals surface area contributed by atoms with Crippen LogP contribution < -0.4 is 16.8 Å². The Morgan fingerprint density at radius 2 is 2.05 bits per heavy atom. The van der Waals surface area contributed by atoms with Gasteiger partial charge in [-0.25, -0.2) is 0 Å². The molecular formula is C17H25N3O. The van der Waals surface area contributed by atoms with E-state index in [9.17, 15) is 4.79 Å². The number of nitrogen functional groups attached to an aromatic ring is 1. The van der Waals surface area contributed by atoms with Crippen LogP contribution in [-0.2, 0) is 0 Å². The Morgan fingerprint density at radius 3 is 2.62 bits per heavy atom. The monoisotopic (exact) mass is 287 g/mol. The zero-order chi connectivity index (χ0) is 15.4. The Kier molecular flexibility index (Phi) is 2.98. The fourth-order valence-corrected chi connectivity index (χ4v) is 4.72. The van der Waals surface area contributed by atoms with Crippen LogP contribution in [0.25, 0.3) is 0 Å². The highest BCUT2D eigenvalue weighted by Crippen LogP contribution is 2.63. The number of carbonyl (C=O) groups is 1. The first-order valence-corrected chi connectivity index (χ1v) is 7.70. The molecule has 2 bridgehead atoms. The number of fused-ring (bicyclic) bond motifs is 2. The minimum atomic E-state index is -0.477. The molecule has 2 aliphatic rings. The van der Waals surface area contributed by atoms with Crippen LogP contribution in [0.5, 0.6) is 0 Å². The summed E-state index contributed by atoms with van der Waals surface area (Å²) in [6.45, 7) is 7.05. The summed E-state index contributed by atoms with van der Waals surface area (Å²) >= 11 is 0. The fraction of sp³-hybridized carbons (Fsp3) is 0.588. The predicted molar refractivity (Wildman–Crippen MR) is 86.0 cm³/mol. The number of hydrogen-bond acceptors (Lipinski definition) is 3. The molecule has 3 atom stereocenters. The van der Waals surface area contributed by atoms with E-state index in [1.165, 1.54) is 19.3 Å². The van der Waals surface area contributed by atoms with Gasteiger partial charge in [0.2, 0.25) is 0 Å². The van der Waals surface area contributed by atoms with Gasteiger partial charge in [0.15, 0.2) is 0 Å². The molecule has 1 aromatic rings. The maximum atomic E-state index is 11.4. The van der Waals surface area contributed by atoms with Crippen molar-refractivity contribution in [3.63, 3.8) is 0 Å². The number of nitrogens with one attached hydrogen (secondary N) is 1. The van der Waals surface area contributed by atoms with Crippen molar-refractivity contribution in [1.29, 1.82) is 0 Å². The third-order valence-corrected chi connectivity index (χ3v) is 5.94. The molecule has 5 N–H and O–H groups in total. The van der Waals surface area contributed by atoms with Crippen LogP contribution in [0.1, 0.15) is 50.4 Å². The molecule has 1 amide bonds. The number of rotatable bonds is 3.